The molecule has 4 heavy (non-hydrogen) atoms. The van der Waals surface area contributed by atoms with Gasteiger partial charge in [0.05, 0.1) is 0 Å². The predicted octanol–water partition coefficient (Wildman–Crippen LogP) is -0.275. The van der Waals surface area contributed by atoms with Crippen LogP contribution in [0.3, 0.4) is 0 Å². The minimum atomic E-state index is -0.750. The summed E-state index contributed by atoms with van der Waals surface area (Å²) in [7, 11) is 0. The molecule has 0 aromatic carbocycles. The van der Waals surface area contributed by atoms with E-state index in [2.05, 4.69) is 16.2 Å². The SMILES string of the molecule is O=[N+]([O-])[Fe+2]. The van der Waals surface area contributed by atoms with Gasteiger partial charge in [-0.15, -0.1) is 0 Å². The zero-order valence-electron chi connectivity index (χ0n) is 1.62. The van der Waals surface area contributed by atoms with Crippen LogP contribution in [-0.4, -0.2) is 3.94 Å². The van der Waals surface area contributed by atoms with E-state index in [-0.39, 0.29) is 0 Å². The molecule has 23 valence electrons. The maximum absolute atomic E-state index is 8.69. The van der Waals surface area contributed by atoms with Crippen molar-refractivity contribution in [2.75, 3.05) is 0 Å². The molecule has 4 heteroatoms. The second kappa shape index (κ2) is 1.26. The first-order chi connectivity index (χ1) is 1.73. The third kappa shape index (κ3) is 250. The fourth-order valence-electron chi connectivity index (χ4n) is 0. The minimum absolute atomic E-state index is 0.750. The number of hydrogen-bond donors (Lipinski definition) is 0. The van der Waals surface area contributed by atoms with Gasteiger partial charge in [-0.25, -0.2) is 0 Å². The molecule has 0 aliphatic carbocycles. The third-order valence-electron chi connectivity index (χ3n) is 0. The van der Waals surface area contributed by atoms with Crippen molar-refractivity contribution in [3.63, 3.8) is 0 Å². The Balaban J connectivity index is 2.80. The zero-order valence-corrected chi connectivity index (χ0v) is 2.72. The molecule has 0 bridgehead atoms. The Morgan fingerprint density at radius 1 is 2.00 bits per heavy atom. The Morgan fingerprint density at radius 2 is 2.00 bits per heavy atom. The molecule has 0 heterocycles. The van der Waals surface area contributed by atoms with E-state index in [0.717, 1.165) is 0 Å². The summed E-state index contributed by atoms with van der Waals surface area (Å²) in [4.78, 5) is 8.69. The van der Waals surface area contributed by atoms with Gasteiger partial charge >= 0.3 is 30.3 Å². The summed E-state index contributed by atoms with van der Waals surface area (Å²) in [6.07, 6.45) is 0. The average Bonchev–Trinajstić information content (AvgIpc) is 0.811. The summed E-state index contributed by atoms with van der Waals surface area (Å²) < 4.78 is -0.750. The molecule has 0 aliphatic rings. The van der Waals surface area contributed by atoms with Gasteiger partial charge < -0.3 is 0 Å². The first kappa shape index (κ1) is 3.92. The second-order valence-electron chi connectivity index (χ2n) is 0.204. The molecule has 0 aromatic heterocycles. The van der Waals surface area contributed by atoms with Crippen molar-refractivity contribution >= 4 is 0 Å². The molecule has 0 saturated heterocycles. The Morgan fingerprint density at radius 3 is 2.00 bits per heavy atom. The Kier molecular flexibility index (Phi) is 1.24. The summed E-state index contributed by atoms with van der Waals surface area (Å²) in [5.41, 5.74) is 0. The quantitative estimate of drug-likeness (QED) is 0.240. The van der Waals surface area contributed by atoms with E-state index < -0.39 is 3.94 Å². The topological polar surface area (TPSA) is 43.1 Å². The van der Waals surface area contributed by atoms with Crippen LogP contribution >= 0.6 is 0 Å². The number of nitro groups is 1. The van der Waals surface area contributed by atoms with E-state index in [0.29, 0.717) is 0 Å². The standard InChI is InChI=1S/Fe.NO2/c;2-1-3/q+2;. The number of nitrogens with zero attached hydrogens (tertiary/aromatic N) is 1. The molecular formula is FeNO2+2. The molecule has 0 radical (unpaired) electrons. The van der Waals surface area contributed by atoms with Gasteiger partial charge in [0, 0.05) is 0 Å². The molecule has 0 aliphatic heterocycles. The zero-order chi connectivity index (χ0) is 3.58. The molecule has 0 N–H and O–H groups in total. The molecular weight excluding hydrogens is 102 g/mol. The van der Waals surface area contributed by atoms with Gasteiger partial charge in [-0.2, -0.15) is 0 Å². The van der Waals surface area contributed by atoms with E-state index in [1.807, 2.05) is 0 Å². The molecule has 0 unspecified atom stereocenters. The van der Waals surface area contributed by atoms with Gasteiger partial charge in [-0.05, 0) is 0 Å². The number of hydrogen-bond acceptors (Lipinski definition) is 2. The van der Waals surface area contributed by atoms with Crippen molar-refractivity contribution in [2.45, 2.75) is 0 Å². The van der Waals surface area contributed by atoms with Crippen LogP contribution in [-0.2, 0) is 16.2 Å². The molecule has 0 saturated carbocycles. The summed E-state index contributed by atoms with van der Waals surface area (Å²) >= 11 is 2.36. The fraction of sp³-hybridized carbons (Fsp3) is 0. The molecule has 0 amide bonds. The molecule has 0 atom stereocenters. The summed E-state index contributed by atoms with van der Waals surface area (Å²) in [6.45, 7) is 0. The summed E-state index contributed by atoms with van der Waals surface area (Å²) in [6, 6.07) is 0. The van der Waals surface area contributed by atoms with Crippen LogP contribution in [0.5, 0.6) is 0 Å². The predicted molar refractivity (Wildman–Crippen MR) is 6.99 cm³/mol. The normalized spacial score (nSPS) is 6.00. The van der Waals surface area contributed by atoms with Crippen LogP contribution in [0.2, 0.25) is 0 Å². The van der Waals surface area contributed by atoms with E-state index in [9.17, 15) is 0 Å². The van der Waals surface area contributed by atoms with Gasteiger partial charge in [-0.3, -0.25) is 0 Å². The summed E-state index contributed by atoms with van der Waals surface area (Å²) in [5, 5.41) is 8.69. The van der Waals surface area contributed by atoms with Crippen LogP contribution in [0.4, 0.5) is 0 Å². The van der Waals surface area contributed by atoms with Crippen LogP contribution in [0.1, 0.15) is 0 Å². The molecule has 0 fully saturated rings. The maximum atomic E-state index is 8.69. The third-order valence-corrected chi connectivity index (χ3v) is 0. The van der Waals surface area contributed by atoms with E-state index in [1.54, 1.807) is 0 Å². The van der Waals surface area contributed by atoms with Crippen LogP contribution in [0, 0.1) is 10.1 Å². The van der Waals surface area contributed by atoms with Gasteiger partial charge in [0.1, 0.15) is 0 Å². The van der Waals surface area contributed by atoms with Crippen molar-refractivity contribution in [3.05, 3.63) is 10.1 Å². The molecule has 0 aromatic rings. The van der Waals surface area contributed by atoms with Crippen LogP contribution in [0.15, 0.2) is 0 Å². The second-order valence-corrected chi connectivity index (χ2v) is 0.607. The van der Waals surface area contributed by atoms with E-state index >= 15 is 0 Å². The first-order valence-corrected chi connectivity index (χ1v) is 1.02. The van der Waals surface area contributed by atoms with Crippen molar-refractivity contribution in [2.24, 2.45) is 0 Å². The molecule has 3 nitrogen and oxygen atoms in total. The summed E-state index contributed by atoms with van der Waals surface area (Å²) in [5.74, 6) is 0. The van der Waals surface area contributed by atoms with Crippen LogP contribution in [0.25, 0.3) is 0 Å². The number of rotatable bonds is 0. The van der Waals surface area contributed by atoms with Gasteiger partial charge in [0.25, 0.3) is 0 Å². The van der Waals surface area contributed by atoms with E-state index in [1.165, 1.54) is 0 Å². The van der Waals surface area contributed by atoms with Crippen molar-refractivity contribution < 1.29 is 20.2 Å². The monoisotopic (exact) mass is 102 g/mol. The molecule has 0 rings (SSSR count). The Labute approximate surface area is 31.2 Å². The molecule has 0 spiro atoms. The Hall–Kier alpha value is -0.0805. The van der Waals surface area contributed by atoms with Crippen molar-refractivity contribution in [1.82, 2.24) is 0 Å². The van der Waals surface area contributed by atoms with Crippen LogP contribution < -0.4 is 0 Å². The van der Waals surface area contributed by atoms with Gasteiger partial charge in [0.15, 0.2) is 0 Å². The van der Waals surface area contributed by atoms with Gasteiger partial charge in [-0.1, -0.05) is 0 Å². The van der Waals surface area contributed by atoms with Crippen molar-refractivity contribution in [1.29, 1.82) is 0 Å². The Bertz CT molecular complexity index is 29.0. The fourth-order valence-corrected chi connectivity index (χ4v) is 0. The van der Waals surface area contributed by atoms with E-state index in [4.69, 9.17) is 10.1 Å². The van der Waals surface area contributed by atoms with Gasteiger partial charge in [0.2, 0.25) is 0 Å². The average molecular weight is 102 g/mol. The van der Waals surface area contributed by atoms with Crippen molar-refractivity contribution in [3.8, 4) is 0 Å². The first-order valence-electron chi connectivity index (χ1n) is 0.523.